The molecule has 0 aromatic heterocycles. The fraction of sp³-hybridized carbons (Fsp3) is 0.875. The Morgan fingerprint density at radius 3 is 2.46 bits per heavy atom. The first-order valence-electron chi connectivity index (χ1n) is 4.47. The molecule has 4 nitrogen and oxygen atoms in total. The minimum absolute atomic E-state index is 0.611. The van der Waals surface area contributed by atoms with Crippen LogP contribution in [0.4, 0.5) is 0 Å². The molecule has 0 saturated heterocycles. The van der Waals surface area contributed by atoms with Crippen LogP contribution in [0.3, 0.4) is 0 Å². The number of hydrogen-bond acceptors (Lipinski definition) is 4. The Labute approximate surface area is 81.4 Å². The average Bonchev–Trinajstić information content (AvgIpc) is 2.17. The van der Waals surface area contributed by atoms with Crippen LogP contribution in [0.1, 0.15) is 6.42 Å². The lowest BCUT2D eigenvalue weighted by molar-refractivity contribution is 0.250. The predicted octanol–water partition coefficient (Wildman–Crippen LogP) is 0.771. The Morgan fingerprint density at radius 2 is 2.00 bits per heavy atom. The Hall–Kier alpha value is -0.233. The molecule has 13 heavy (non-hydrogen) atoms. The zero-order chi connectivity index (χ0) is 10.2. The van der Waals surface area contributed by atoms with E-state index in [9.17, 15) is 0 Å². The third-order valence-electron chi connectivity index (χ3n) is 1.98. The van der Waals surface area contributed by atoms with Crippen molar-refractivity contribution in [3.05, 3.63) is 0 Å². The summed E-state index contributed by atoms with van der Waals surface area (Å²) in [6, 6.07) is 0.939. The van der Waals surface area contributed by atoms with Gasteiger partial charge in [-0.3, -0.25) is 4.99 Å². The second-order valence-electron chi connectivity index (χ2n) is 2.96. The maximum Gasteiger partial charge on any atom is 0.334 e. The first kappa shape index (κ1) is 12.8. The van der Waals surface area contributed by atoms with Crippen molar-refractivity contribution in [2.75, 3.05) is 27.3 Å². The molecule has 78 valence electrons. The quantitative estimate of drug-likeness (QED) is 0.492. The second kappa shape index (κ2) is 7.20. The molecule has 0 fully saturated rings. The van der Waals surface area contributed by atoms with Gasteiger partial charge in [0, 0.05) is 20.8 Å². The van der Waals surface area contributed by atoms with Crippen molar-refractivity contribution < 1.29 is 8.85 Å². The number of hydrogen-bond donors (Lipinski definition) is 1. The van der Waals surface area contributed by atoms with Crippen LogP contribution in [0.5, 0.6) is 0 Å². The van der Waals surface area contributed by atoms with Gasteiger partial charge in [0.15, 0.2) is 0 Å². The van der Waals surface area contributed by atoms with Gasteiger partial charge in [-0.05, 0) is 25.2 Å². The molecule has 0 rings (SSSR count). The van der Waals surface area contributed by atoms with E-state index in [-0.39, 0.29) is 0 Å². The summed E-state index contributed by atoms with van der Waals surface area (Å²) >= 11 is 0. The first-order valence-corrected chi connectivity index (χ1v) is 6.99. The smallest absolute Gasteiger partial charge is 0.334 e. The van der Waals surface area contributed by atoms with Crippen molar-refractivity contribution in [3.8, 4) is 0 Å². The summed E-state index contributed by atoms with van der Waals surface area (Å²) in [7, 11) is 1.52. The van der Waals surface area contributed by atoms with Crippen molar-refractivity contribution in [3.63, 3.8) is 0 Å². The molecule has 0 aliphatic carbocycles. The largest absolute Gasteiger partial charge is 0.398 e. The van der Waals surface area contributed by atoms with Crippen LogP contribution in [-0.2, 0) is 8.85 Å². The third-order valence-corrected chi connectivity index (χ3v) is 4.90. The van der Waals surface area contributed by atoms with Crippen LogP contribution in [0.2, 0.25) is 12.6 Å². The molecule has 0 heterocycles. The van der Waals surface area contributed by atoms with Gasteiger partial charge in [0.2, 0.25) is 0 Å². The molecule has 0 aromatic rings. The summed E-state index contributed by atoms with van der Waals surface area (Å²) in [5.74, 6) is 0. The molecule has 0 unspecified atom stereocenters. The highest BCUT2D eigenvalue weighted by molar-refractivity contribution is 6.66. The van der Waals surface area contributed by atoms with E-state index >= 15 is 0 Å². The fourth-order valence-electron chi connectivity index (χ4n) is 0.871. The van der Waals surface area contributed by atoms with Gasteiger partial charge in [0.05, 0.1) is 6.54 Å². The van der Waals surface area contributed by atoms with Gasteiger partial charge in [-0.1, -0.05) is 0 Å². The highest BCUT2D eigenvalue weighted by Crippen LogP contribution is 2.12. The maximum atomic E-state index is 5.32. The minimum atomic E-state index is -1.88. The standard InChI is InChI=1S/C8H20N2O2Si/c1-11-13(3,12-2)8-4-6-10-7-5-9/h6H,4-5,7-9H2,1-3H3. The molecular formula is C8H20N2O2Si. The molecule has 0 bridgehead atoms. The summed E-state index contributed by atoms with van der Waals surface area (Å²) < 4.78 is 10.6. The Bertz CT molecular complexity index is 149. The van der Waals surface area contributed by atoms with E-state index < -0.39 is 8.56 Å². The van der Waals surface area contributed by atoms with E-state index in [4.69, 9.17) is 14.6 Å². The molecular weight excluding hydrogens is 184 g/mol. The second-order valence-corrected chi connectivity index (χ2v) is 6.54. The van der Waals surface area contributed by atoms with Gasteiger partial charge < -0.3 is 14.6 Å². The summed E-state index contributed by atoms with van der Waals surface area (Å²) in [6.07, 6.45) is 2.81. The van der Waals surface area contributed by atoms with Gasteiger partial charge in [0.25, 0.3) is 0 Å². The predicted molar refractivity (Wildman–Crippen MR) is 57.5 cm³/mol. The highest BCUT2D eigenvalue weighted by Gasteiger charge is 2.27. The van der Waals surface area contributed by atoms with Gasteiger partial charge in [0.1, 0.15) is 0 Å². The maximum absolute atomic E-state index is 5.32. The monoisotopic (exact) mass is 204 g/mol. The summed E-state index contributed by atoms with van der Waals surface area (Å²) in [5.41, 5.74) is 5.29. The number of nitrogens with zero attached hydrogens (tertiary/aromatic N) is 1. The van der Waals surface area contributed by atoms with Crippen molar-refractivity contribution in [1.82, 2.24) is 0 Å². The SMILES string of the molecule is CO[Si](C)(CCC=NCCN)OC. The van der Waals surface area contributed by atoms with Crippen molar-refractivity contribution in [2.45, 2.75) is 19.0 Å². The van der Waals surface area contributed by atoms with Crippen molar-refractivity contribution in [1.29, 1.82) is 0 Å². The molecule has 0 aromatic carbocycles. The van der Waals surface area contributed by atoms with E-state index in [0.717, 1.165) is 12.5 Å². The summed E-state index contributed by atoms with van der Waals surface area (Å²) in [6.45, 7) is 3.36. The van der Waals surface area contributed by atoms with Crippen molar-refractivity contribution in [2.24, 2.45) is 10.7 Å². The molecule has 0 aliphatic rings. The van der Waals surface area contributed by atoms with Crippen LogP contribution in [0.25, 0.3) is 0 Å². The van der Waals surface area contributed by atoms with Gasteiger partial charge >= 0.3 is 8.56 Å². The van der Waals surface area contributed by atoms with E-state index in [1.807, 2.05) is 12.8 Å². The van der Waals surface area contributed by atoms with Crippen LogP contribution in [-0.4, -0.2) is 42.1 Å². The molecule has 0 spiro atoms. The lowest BCUT2D eigenvalue weighted by Gasteiger charge is -2.21. The molecule has 0 aliphatic heterocycles. The zero-order valence-electron chi connectivity index (χ0n) is 8.75. The molecule has 5 heteroatoms. The van der Waals surface area contributed by atoms with Gasteiger partial charge in [-0.25, -0.2) is 0 Å². The van der Waals surface area contributed by atoms with Crippen LogP contribution in [0, 0.1) is 0 Å². The van der Waals surface area contributed by atoms with Crippen LogP contribution < -0.4 is 5.73 Å². The number of rotatable bonds is 7. The topological polar surface area (TPSA) is 56.8 Å². The molecule has 2 N–H and O–H groups in total. The van der Waals surface area contributed by atoms with E-state index in [0.29, 0.717) is 13.1 Å². The lowest BCUT2D eigenvalue weighted by atomic mass is 10.5. The van der Waals surface area contributed by atoms with E-state index in [1.165, 1.54) is 0 Å². The molecule has 0 atom stereocenters. The zero-order valence-corrected chi connectivity index (χ0v) is 9.75. The normalized spacial score (nSPS) is 12.6. The number of aliphatic imine (C=N–C) groups is 1. The summed E-state index contributed by atoms with van der Waals surface area (Å²) in [5, 5.41) is 0. The summed E-state index contributed by atoms with van der Waals surface area (Å²) in [4.78, 5) is 4.12. The third kappa shape index (κ3) is 5.92. The Balaban J connectivity index is 3.61. The first-order chi connectivity index (χ1) is 6.18. The highest BCUT2D eigenvalue weighted by atomic mass is 28.4. The van der Waals surface area contributed by atoms with E-state index in [2.05, 4.69) is 4.99 Å². The minimum Gasteiger partial charge on any atom is -0.398 e. The lowest BCUT2D eigenvalue weighted by Crippen LogP contribution is -2.35. The molecule has 0 amide bonds. The van der Waals surface area contributed by atoms with Gasteiger partial charge in [-0.2, -0.15) is 0 Å². The van der Waals surface area contributed by atoms with Gasteiger partial charge in [-0.15, -0.1) is 0 Å². The van der Waals surface area contributed by atoms with Crippen LogP contribution >= 0.6 is 0 Å². The molecule has 0 saturated carbocycles. The fourth-order valence-corrected chi connectivity index (χ4v) is 2.10. The Morgan fingerprint density at radius 1 is 1.38 bits per heavy atom. The average molecular weight is 204 g/mol. The van der Waals surface area contributed by atoms with E-state index in [1.54, 1.807) is 14.2 Å². The van der Waals surface area contributed by atoms with Crippen LogP contribution in [0.15, 0.2) is 4.99 Å². The number of nitrogens with two attached hydrogens (primary N) is 1. The Kier molecular flexibility index (Phi) is 7.07. The van der Waals surface area contributed by atoms with Crippen molar-refractivity contribution >= 4 is 14.8 Å². The molecule has 0 radical (unpaired) electrons.